The molecule has 1 aromatic heterocycles. The van der Waals surface area contributed by atoms with Gasteiger partial charge >= 0.3 is 11.9 Å². The molecule has 7 nitrogen and oxygen atoms in total. The standard InChI is InChI=1S/C19H22N2O5/c1-2-25-19(24)16-9-5-6-10-21(16)17(22)12-26-18(23)14-11-20-15-8-4-3-7-13(14)15/h3-4,7-8,11,16,20H,2,5-6,9-10,12H2,1H3. The van der Waals surface area contributed by atoms with Crippen LogP contribution in [0.3, 0.4) is 0 Å². The van der Waals surface area contributed by atoms with Gasteiger partial charge in [0.2, 0.25) is 0 Å². The molecule has 1 fully saturated rings. The van der Waals surface area contributed by atoms with Crippen LogP contribution in [0.4, 0.5) is 0 Å². The number of piperidine rings is 1. The van der Waals surface area contributed by atoms with Crippen molar-refractivity contribution in [2.75, 3.05) is 19.8 Å². The molecule has 0 saturated carbocycles. The summed E-state index contributed by atoms with van der Waals surface area (Å²) in [6.07, 6.45) is 3.82. The number of esters is 2. The summed E-state index contributed by atoms with van der Waals surface area (Å²) in [6, 6.07) is 6.77. The summed E-state index contributed by atoms with van der Waals surface area (Å²) in [5.41, 5.74) is 1.21. The predicted octanol–water partition coefficient (Wildman–Crippen LogP) is 2.27. The Kier molecular flexibility index (Phi) is 5.55. The maximum absolute atomic E-state index is 12.5. The highest BCUT2D eigenvalue weighted by molar-refractivity contribution is 6.04. The SMILES string of the molecule is CCOC(=O)C1CCCCN1C(=O)COC(=O)c1c[nH]c2ccccc12. The lowest BCUT2D eigenvalue weighted by molar-refractivity contribution is -0.157. The van der Waals surface area contributed by atoms with Gasteiger partial charge in [0.15, 0.2) is 6.61 Å². The van der Waals surface area contributed by atoms with Crippen molar-refractivity contribution in [3.8, 4) is 0 Å². The van der Waals surface area contributed by atoms with Crippen molar-refractivity contribution in [2.24, 2.45) is 0 Å². The highest BCUT2D eigenvalue weighted by Crippen LogP contribution is 2.20. The normalized spacial score (nSPS) is 17.1. The number of H-pyrrole nitrogens is 1. The molecule has 1 N–H and O–H groups in total. The molecular formula is C19H22N2O5. The number of ether oxygens (including phenoxy) is 2. The van der Waals surface area contributed by atoms with Crippen LogP contribution < -0.4 is 0 Å². The number of para-hydroxylation sites is 1. The number of hydrogen-bond acceptors (Lipinski definition) is 5. The topological polar surface area (TPSA) is 88.7 Å². The Morgan fingerprint density at radius 2 is 2.00 bits per heavy atom. The van der Waals surface area contributed by atoms with Crippen molar-refractivity contribution in [3.63, 3.8) is 0 Å². The van der Waals surface area contributed by atoms with Crippen molar-refractivity contribution >= 4 is 28.7 Å². The zero-order valence-corrected chi connectivity index (χ0v) is 14.7. The Hall–Kier alpha value is -2.83. The van der Waals surface area contributed by atoms with E-state index >= 15 is 0 Å². The second-order valence-electron chi connectivity index (χ2n) is 6.17. The van der Waals surface area contributed by atoms with Crippen LogP contribution in [-0.4, -0.2) is 53.5 Å². The van der Waals surface area contributed by atoms with Gasteiger partial charge in [-0.05, 0) is 32.3 Å². The molecule has 0 spiro atoms. The number of nitrogens with one attached hydrogen (secondary N) is 1. The van der Waals surface area contributed by atoms with Crippen LogP contribution in [0.15, 0.2) is 30.5 Å². The first-order valence-corrected chi connectivity index (χ1v) is 8.81. The third-order valence-corrected chi connectivity index (χ3v) is 4.52. The number of likely N-dealkylation sites (tertiary alicyclic amines) is 1. The van der Waals surface area contributed by atoms with Gasteiger partial charge in [0.1, 0.15) is 6.04 Å². The van der Waals surface area contributed by atoms with Crippen molar-refractivity contribution < 1.29 is 23.9 Å². The van der Waals surface area contributed by atoms with Crippen LogP contribution in [0.5, 0.6) is 0 Å². The van der Waals surface area contributed by atoms with Crippen LogP contribution in [-0.2, 0) is 19.1 Å². The van der Waals surface area contributed by atoms with Crippen LogP contribution in [0.25, 0.3) is 10.9 Å². The highest BCUT2D eigenvalue weighted by Gasteiger charge is 2.33. The predicted molar refractivity (Wildman–Crippen MR) is 94.6 cm³/mol. The molecule has 26 heavy (non-hydrogen) atoms. The average Bonchev–Trinajstić information content (AvgIpc) is 3.10. The van der Waals surface area contributed by atoms with Crippen molar-refractivity contribution in [3.05, 3.63) is 36.0 Å². The van der Waals surface area contributed by atoms with Gasteiger partial charge < -0.3 is 19.4 Å². The highest BCUT2D eigenvalue weighted by atomic mass is 16.5. The molecule has 3 rings (SSSR count). The summed E-state index contributed by atoms with van der Waals surface area (Å²) >= 11 is 0. The van der Waals surface area contributed by atoms with E-state index in [0.29, 0.717) is 18.5 Å². The van der Waals surface area contributed by atoms with E-state index in [1.807, 2.05) is 24.3 Å². The van der Waals surface area contributed by atoms with E-state index in [-0.39, 0.29) is 12.5 Å². The fourth-order valence-corrected chi connectivity index (χ4v) is 3.24. The minimum Gasteiger partial charge on any atom is -0.464 e. The molecule has 1 aliphatic rings. The third-order valence-electron chi connectivity index (χ3n) is 4.52. The number of benzene rings is 1. The molecule has 1 aliphatic heterocycles. The summed E-state index contributed by atoms with van der Waals surface area (Å²) in [4.78, 5) is 41.3. The molecule has 7 heteroatoms. The van der Waals surface area contributed by atoms with E-state index in [0.717, 1.165) is 23.7 Å². The molecule has 138 valence electrons. The van der Waals surface area contributed by atoms with E-state index in [1.54, 1.807) is 13.1 Å². The summed E-state index contributed by atoms with van der Waals surface area (Å²) in [5, 5.41) is 0.743. The first-order chi connectivity index (χ1) is 12.6. The van der Waals surface area contributed by atoms with Crippen molar-refractivity contribution in [2.45, 2.75) is 32.2 Å². The van der Waals surface area contributed by atoms with Gasteiger partial charge in [-0.2, -0.15) is 0 Å². The molecule has 1 saturated heterocycles. The Labute approximate surface area is 151 Å². The number of rotatable bonds is 5. The summed E-state index contributed by atoms with van der Waals surface area (Å²) in [6.45, 7) is 2.07. The van der Waals surface area contributed by atoms with Crippen LogP contribution in [0.1, 0.15) is 36.5 Å². The van der Waals surface area contributed by atoms with Gasteiger partial charge in [-0.25, -0.2) is 9.59 Å². The Morgan fingerprint density at radius 1 is 1.19 bits per heavy atom. The number of aromatic amines is 1. The minimum absolute atomic E-state index is 0.271. The monoisotopic (exact) mass is 358 g/mol. The lowest BCUT2D eigenvalue weighted by Gasteiger charge is -2.33. The Morgan fingerprint density at radius 3 is 2.81 bits per heavy atom. The maximum Gasteiger partial charge on any atom is 0.340 e. The fourth-order valence-electron chi connectivity index (χ4n) is 3.24. The van der Waals surface area contributed by atoms with E-state index in [9.17, 15) is 14.4 Å². The van der Waals surface area contributed by atoms with Gasteiger partial charge in [-0.1, -0.05) is 18.2 Å². The van der Waals surface area contributed by atoms with Crippen molar-refractivity contribution in [1.29, 1.82) is 0 Å². The fraction of sp³-hybridized carbons (Fsp3) is 0.421. The molecule has 1 amide bonds. The minimum atomic E-state index is -0.594. The van der Waals surface area contributed by atoms with Crippen molar-refractivity contribution in [1.82, 2.24) is 9.88 Å². The number of nitrogens with zero attached hydrogens (tertiary/aromatic N) is 1. The lowest BCUT2D eigenvalue weighted by Crippen LogP contribution is -2.50. The number of hydrogen-bond donors (Lipinski definition) is 1. The zero-order valence-electron chi connectivity index (χ0n) is 14.7. The molecular weight excluding hydrogens is 336 g/mol. The Balaban J connectivity index is 1.63. The largest absolute Gasteiger partial charge is 0.464 e. The van der Waals surface area contributed by atoms with Gasteiger partial charge in [0, 0.05) is 23.6 Å². The summed E-state index contributed by atoms with van der Waals surface area (Å²) in [7, 11) is 0. The summed E-state index contributed by atoms with van der Waals surface area (Å²) in [5.74, 6) is -1.35. The van der Waals surface area contributed by atoms with Gasteiger partial charge in [-0.15, -0.1) is 0 Å². The average molecular weight is 358 g/mol. The number of fused-ring (bicyclic) bond motifs is 1. The lowest BCUT2D eigenvalue weighted by atomic mass is 10.0. The van der Waals surface area contributed by atoms with Crippen LogP contribution in [0, 0.1) is 0 Å². The molecule has 2 aromatic rings. The van der Waals surface area contributed by atoms with E-state index in [2.05, 4.69) is 4.98 Å². The molecule has 0 aliphatic carbocycles. The quantitative estimate of drug-likeness (QED) is 0.828. The molecule has 1 atom stereocenters. The number of aromatic nitrogens is 1. The first kappa shape index (κ1) is 18.0. The number of carbonyl (C=O) groups is 3. The van der Waals surface area contributed by atoms with Gasteiger partial charge in [-0.3, -0.25) is 4.79 Å². The van der Waals surface area contributed by atoms with E-state index in [4.69, 9.17) is 9.47 Å². The smallest absolute Gasteiger partial charge is 0.340 e. The maximum atomic E-state index is 12.5. The number of amides is 1. The van der Waals surface area contributed by atoms with Crippen LogP contribution in [0.2, 0.25) is 0 Å². The number of carbonyl (C=O) groups excluding carboxylic acids is 3. The van der Waals surface area contributed by atoms with E-state index < -0.39 is 24.6 Å². The zero-order chi connectivity index (χ0) is 18.5. The molecule has 2 heterocycles. The molecule has 0 bridgehead atoms. The van der Waals surface area contributed by atoms with Crippen LogP contribution >= 0.6 is 0 Å². The molecule has 1 aromatic carbocycles. The molecule has 0 radical (unpaired) electrons. The third kappa shape index (κ3) is 3.71. The first-order valence-electron chi connectivity index (χ1n) is 8.81. The Bertz CT molecular complexity index is 813. The van der Waals surface area contributed by atoms with Gasteiger partial charge in [0.25, 0.3) is 5.91 Å². The van der Waals surface area contributed by atoms with Gasteiger partial charge in [0.05, 0.1) is 12.2 Å². The second kappa shape index (κ2) is 8.03. The molecule has 1 unspecified atom stereocenters. The summed E-state index contributed by atoms with van der Waals surface area (Å²) < 4.78 is 10.2. The second-order valence-corrected chi connectivity index (χ2v) is 6.17. The van der Waals surface area contributed by atoms with E-state index in [1.165, 1.54) is 4.90 Å².